The highest BCUT2D eigenvalue weighted by atomic mass is 16.6. The molecule has 1 aliphatic rings. The quantitative estimate of drug-likeness (QED) is 0.263. The molecule has 2 atom stereocenters. The predicted octanol–water partition coefficient (Wildman–Crippen LogP) is 2.67. The molecule has 0 spiro atoms. The lowest BCUT2D eigenvalue weighted by atomic mass is 10.2. The topological polar surface area (TPSA) is 157 Å². The molecule has 162 valence electrons. The molecule has 0 heterocycles. The van der Waals surface area contributed by atoms with Gasteiger partial charge in [0.1, 0.15) is 0 Å². The van der Waals surface area contributed by atoms with E-state index in [1.807, 2.05) is 0 Å². The van der Waals surface area contributed by atoms with Crippen LogP contribution in [0.4, 0.5) is 11.4 Å². The van der Waals surface area contributed by atoms with Gasteiger partial charge in [-0.05, 0) is 18.6 Å². The van der Waals surface area contributed by atoms with Crippen LogP contribution in [-0.4, -0.2) is 36.0 Å². The van der Waals surface area contributed by atoms with E-state index < -0.39 is 33.6 Å². The molecule has 0 amide bonds. The Labute approximate surface area is 174 Å². The van der Waals surface area contributed by atoms with Crippen molar-refractivity contribution in [2.45, 2.75) is 6.42 Å². The van der Waals surface area contributed by atoms with Crippen molar-refractivity contribution in [3.05, 3.63) is 56.6 Å². The first kappa shape index (κ1) is 21.5. The standard InChI is InChI=1S/C19H16N2O10/c1-28-16-7-10(20(24)25)3-5-14(16)30-18(22)12-9-13(12)19(23)31-15-6-4-11(21(26)27)8-17(15)29-2/h3-8,12-13H,9H2,1-2H3/t12-,13-/m1/s1. The highest BCUT2D eigenvalue weighted by Gasteiger charge is 2.51. The Morgan fingerprint density at radius 3 is 1.48 bits per heavy atom. The van der Waals surface area contributed by atoms with Crippen molar-refractivity contribution in [2.24, 2.45) is 11.8 Å². The molecule has 3 rings (SSSR count). The average Bonchev–Trinajstić information content (AvgIpc) is 3.55. The number of hydrogen-bond acceptors (Lipinski definition) is 10. The minimum Gasteiger partial charge on any atom is -0.493 e. The highest BCUT2D eigenvalue weighted by molar-refractivity contribution is 5.89. The molecule has 2 aromatic rings. The highest BCUT2D eigenvalue weighted by Crippen LogP contribution is 2.43. The summed E-state index contributed by atoms with van der Waals surface area (Å²) in [7, 11) is 2.54. The minimum absolute atomic E-state index is 0.00190. The van der Waals surface area contributed by atoms with E-state index in [1.165, 1.54) is 26.4 Å². The molecule has 0 radical (unpaired) electrons. The number of benzene rings is 2. The lowest BCUT2D eigenvalue weighted by Gasteiger charge is -2.10. The van der Waals surface area contributed by atoms with E-state index in [2.05, 4.69) is 0 Å². The smallest absolute Gasteiger partial charge is 0.315 e. The molecule has 0 saturated heterocycles. The fourth-order valence-electron chi connectivity index (χ4n) is 2.79. The summed E-state index contributed by atoms with van der Waals surface area (Å²) in [6.45, 7) is 0. The molecular weight excluding hydrogens is 416 g/mol. The summed E-state index contributed by atoms with van der Waals surface area (Å²) < 4.78 is 20.5. The molecule has 12 heteroatoms. The number of rotatable bonds is 8. The Balaban J connectivity index is 1.64. The molecule has 1 aliphatic carbocycles. The van der Waals surface area contributed by atoms with E-state index in [1.54, 1.807) is 0 Å². The lowest BCUT2D eigenvalue weighted by Crippen LogP contribution is -2.18. The second-order valence-corrected chi connectivity index (χ2v) is 6.48. The summed E-state index contributed by atoms with van der Waals surface area (Å²) in [5.74, 6) is -3.01. The molecular formula is C19H16N2O10. The molecule has 0 unspecified atom stereocenters. The summed E-state index contributed by atoms with van der Waals surface area (Å²) in [6.07, 6.45) is 0.183. The molecule has 0 bridgehead atoms. The van der Waals surface area contributed by atoms with Gasteiger partial charge in [0.15, 0.2) is 23.0 Å². The van der Waals surface area contributed by atoms with E-state index in [4.69, 9.17) is 18.9 Å². The van der Waals surface area contributed by atoms with Crippen LogP contribution in [-0.2, 0) is 9.59 Å². The Hall–Kier alpha value is -4.22. The van der Waals surface area contributed by atoms with Crippen molar-refractivity contribution < 1.29 is 38.4 Å². The van der Waals surface area contributed by atoms with Gasteiger partial charge < -0.3 is 18.9 Å². The van der Waals surface area contributed by atoms with Crippen LogP contribution in [0, 0.1) is 32.1 Å². The maximum atomic E-state index is 12.4. The number of nitro groups is 2. The van der Waals surface area contributed by atoms with Gasteiger partial charge in [0.2, 0.25) is 0 Å². The van der Waals surface area contributed by atoms with Crippen LogP contribution in [0.25, 0.3) is 0 Å². The van der Waals surface area contributed by atoms with Crippen molar-refractivity contribution in [1.82, 2.24) is 0 Å². The van der Waals surface area contributed by atoms with Crippen LogP contribution in [0.1, 0.15) is 6.42 Å². The van der Waals surface area contributed by atoms with Gasteiger partial charge in [0.05, 0.1) is 48.0 Å². The van der Waals surface area contributed by atoms with E-state index in [-0.39, 0.29) is 40.8 Å². The second-order valence-electron chi connectivity index (χ2n) is 6.48. The number of methoxy groups -OCH3 is 2. The molecule has 12 nitrogen and oxygen atoms in total. The number of non-ortho nitro benzene ring substituents is 2. The minimum atomic E-state index is -0.767. The largest absolute Gasteiger partial charge is 0.493 e. The van der Waals surface area contributed by atoms with Crippen LogP contribution in [0.3, 0.4) is 0 Å². The van der Waals surface area contributed by atoms with Crippen molar-refractivity contribution in [3.63, 3.8) is 0 Å². The van der Waals surface area contributed by atoms with Crippen molar-refractivity contribution in [1.29, 1.82) is 0 Å². The molecule has 0 N–H and O–H groups in total. The third-order valence-electron chi connectivity index (χ3n) is 4.53. The number of nitro benzene ring substituents is 2. The fraction of sp³-hybridized carbons (Fsp3) is 0.263. The first-order valence-corrected chi connectivity index (χ1v) is 8.83. The van der Waals surface area contributed by atoms with Crippen LogP contribution in [0.5, 0.6) is 23.0 Å². The van der Waals surface area contributed by atoms with Gasteiger partial charge in [0, 0.05) is 12.1 Å². The normalized spacial score (nSPS) is 16.7. The molecule has 1 fully saturated rings. The molecule has 1 saturated carbocycles. The number of esters is 2. The van der Waals surface area contributed by atoms with Gasteiger partial charge in [-0.2, -0.15) is 0 Å². The van der Waals surface area contributed by atoms with Crippen LogP contribution in [0.15, 0.2) is 36.4 Å². The van der Waals surface area contributed by atoms with Gasteiger partial charge in [-0.25, -0.2) is 0 Å². The Morgan fingerprint density at radius 1 is 0.774 bits per heavy atom. The first-order chi connectivity index (χ1) is 14.7. The zero-order valence-electron chi connectivity index (χ0n) is 16.3. The average molecular weight is 432 g/mol. The molecule has 0 aromatic heterocycles. The van der Waals surface area contributed by atoms with Gasteiger partial charge in [-0.3, -0.25) is 29.8 Å². The number of carbonyl (C=O) groups is 2. The van der Waals surface area contributed by atoms with Gasteiger partial charge >= 0.3 is 11.9 Å². The molecule has 2 aromatic carbocycles. The zero-order chi connectivity index (χ0) is 22.7. The van der Waals surface area contributed by atoms with Gasteiger partial charge in [0.25, 0.3) is 11.4 Å². The summed E-state index contributed by atoms with van der Waals surface area (Å²) in [5.41, 5.74) is -0.469. The monoisotopic (exact) mass is 432 g/mol. The molecule has 31 heavy (non-hydrogen) atoms. The SMILES string of the molecule is COc1cc([N+](=O)[O-])ccc1OC(=O)[C@@H]1C[C@H]1C(=O)Oc1ccc([N+](=O)[O-])cc1OC. The number of hydrogen-bond donors (Lipinski definition) is 0. The summed E-state index contributed by atoms with van der Waals surface area (Å²) in [4.78, 5) is 45.1. The van der Waals surface area contributed by atoms with E-state index in [9.17, 15) is 29.8 Å². The van der Waals surface area contributed by atoms with E-state index >= 15 is 0 Å². The van der Waals surface area contributed by atoms with Crippen molar-refractivity contribution in [3.8, 4) is 23.0 Å². The summed E-state index contributed by atoms with van der Waals surface area (Å²) >= 11 is 0. The number of carbonyl (C=O) groups excluding carboxylic acids is 2. The number of ether oxygens (including phenoxy) is 4. The van der Waals surface area contributed by atoms with E-state index in [0.717, 1.165) is 24.3 Å². The van der Waals surface area contributed by atoms with Crippen molar-refractivity contribution >= 4 is 23.3 Å². The van der Waals surface area contributed by atoms with Crippen LogP contribution >= 0.6 is 0 Å². The van der Waals surface area contributed by atoms with Crippen LogP contribution in [0.2, 0.25) is 0 Å². The van der Waals surface area contributed by atoms with E-state index in [0.29, 0.717) is 0 Å². The molecule has 0 aliphatic heterocycles. The predicted molar refractivity (Wildman–Crippen MR) is 102 cm³/mol. The maximum Gasteiger partial charge on any atom is 0.315 e. The van der Waals surface area contributed by atoms with Crippen LogP contribution < -0.4 is 18.9 Å². The fourth-order valence-corrected chi connectivity index (χ4v) is 2.79. The second kappa shape index (κ2) is 8.65. The van der Waals surface area contributed by atoms with Gasteiger partial charge in [-0.1, -0.05) is 0 Å². The summed E-state index contributed by atoms with van der Waals surface area (Å²) in [6, 6.07) is 7.00. The summed E-state index contributed by atoms with van der Waals surface area (Å²) in [5, 5.41) is 21.7. The first-order valence-electron chi connectivity index (χ1n) is 8.83. The lowest BCUT2D eigenvalue weighted by molar-refractivity contribution is -0.385. The third-order valence-corrected chi connectivity index (χ3v) is 4.53. The zero-order valence-corrected chi connectivity index (χ0v) is 16.3. The number of nitrogens with zero attached hydrogens (tertiary/aromatic N) is 2. The van der Waals surface area contributed by atoms with Crippen molar-refractivity contribution in [2.75, 3.05) is 14.2 Å². The maximum absolute atomic E-state index is 12.4. The Morgan fingerprint density at radius 2 is 1.16 bits per heavy atom. The Kier molecular flexibility index (Phi) is 6.00. The van der Waals surface area contributed by atoms with Gasteiger partial charge in [-0.15, -0.1) is 0 Å². The third kappa shape index (κ3) is 4.69. The Bertz CT molecular complexity index is 984.